The second-order valence-electron chi connectivity index (χ2n) is 4.94. The summed E-state index contributed by atoms with van der Waals surface area (Å²) in [6.45, 7) is 0.443. The number of fused-ring (bicyclic) bond motifs is 1. The van der Waals surface area contributed by atoms with E-state index >= 15 is 0 Å². The Kier molecular flexibility index (Phi) is 4.02. The number of pyridine rings is 1. The lowest BCUT2D eigenvalue weighted by Crippen LogP contribution is -2.15. The number of nitrogens with one attached hydrogen (secondary N) is 2. The quantitative estimate of drug-likeness (QED) is 0.770. The maximum Gasteiger partial charge on any atom is 0.253 e. The first-order chi connectivity index (χ1) is 10.7. The molecular weight excluding hydrogens is 300 g/mol. The Hall–Kier alpha value is -2.46. The van der Waals surface area contributed by atoms with Gasteiger partial charge in [-0.1, -0.05) is 11.6 Å². The number of hydrogen-bond donors (Lipinski definition) is 2. The Bertz CT molecular complexity index is 857. The number of aromatic nitrogens is 1. The van der Waals surface area contributed by atoms with Crippen LogP contribution >= 0.6 is 11.6 Å². The molecule has 0 fully saturated rings. The molecule has 0 aliphatic heterocycles. The van der Waals surface area contributed by atoms with Crippen LogP contribution in [-0.4, -0.2) is 12.1 Å². The van der Waals surface area contributed by atoms with Gasteiger partial charge >= 0.3 is 0 Å². The Labute approximate surface area is 132 Å². The van der Waals surface area contributed by atoms with Gasteiger partial charge in [0.15, 0.2) is 0 Å². The standard InChI is InChI=1S/C17H15ClN2O2/c1-22-15-7-2-11-8-12(17(21)20-16(11)9-15)10-19-14-5-3-13(18)4-6-14/h2-9,19H,10H2,1H3,(H,20,21). The number of benzene rings is 2. The monoisotopic (exact) mass is 314 g/mol. The molecule has 0 atom stereocenters. The molecule has 5 heteroatoms. The lowest BCUT2D eigenvalue weighted by molar-refractivity contribution is 0.415. The average molecular weight is 315 g/mol. The van der Waals surface area contributed by atoms with Crippen LogP contribution in [0.15, 0.2) is 53.3 Å². The molecule has 2 N–H and O–H groups in total. The van der Waals surface area contributed by atoms with E-state index in [1.807, 2.05) is 36.4 Å². The maximum absolute atomic E-state index is 12.2. The van der Waals surface area contributed by atoms with Crippen LogP contribution in [0.5, 0.6) is 5.75 Å². The highest BCUT2D eigenvalue weighted by Gasteiger charge is 2.04. The molecule has 0 unspecified atom stereocenters. The summed E-state index contributed by atoms with van der Waals surface area (Å²) >= 11 is 5.85. The van der Waals surface area contributed by atoms with Crippen molar-refractivity contribution in [1.82, 2.24) is 4.98 Å². The van der Waals surface area contributed by atoms with Gasteiger partial charge in [-0.25, -0.2) is 0 Å². The normalized spacial score (nSPS) is 10.6. The minimum absolute atomic E-state index is 0.109. The number of ether oxygens (including phenoxy) is 1. The number of halogens is 1. The molecule has 0 saturated heterocycles. The van der Waals surface area contributed by atoms with Crippen LogP contribution in [0.25, 0.3) is 10.9 Å². The molecule has 0 aliphatic carbocycles. The summed E-state index contributed by atoms with van der Waals surface area (Å²) < 4.78 is 5.16. The third-order valence-corrected chi connectivity index (χ3v) is 3.71. The molecule has 0 radical (unpaired) electrons. The van der Waals surface area contributed by atoms with Crippen molar-refractivity contribution in [2.45, 2.75) is 6.54 Å². The highest BCUT2D eigenvalue weighted by atomic mass is 35.5. The number of hydrogen-bond acceptors (Lipinski definition) is 3. The van der Waals surface area contributed by atoms with Gasteiger partial charge < -0.3 is 15.0 Å². The van der Waals surface area contributed by atoms with Gasteiger partial charge in [0.25, 0.3) is 5.56 Å². The third-order valence-electron chi connectivity index (χ3n) is 3.46. The molecule has 4 nitrogen and oxygen atoms in total. The zero-order valence-corrected chi connectivity index (χ0v) is 12.8. The smallest absolute Gasteiger partial charge is 0.253 e. The van der Waals surface area contributed by atoms with Crippen molar-refractivity contribution in [3.63, 3.8) is 0 Å². The first kappa shape index (κ1) is 14.5. The van der Waals surface area contributed by atoms with Gasteiger partial charge in [-0.15, -0.1) is 0 Å². The minimum Gasteiger partial charge on any atom is -0.497 e. The molecule has 0 saturated carbocycles. The Morgan fingerprint density at radius 3 is 2.64 bits per heavy atom. The molecule has 0 amide bonds. The second kappa shape index (κ2) is 6.12. The van der Waals surface area contributed by atoms with E-state index in [1.54, 1.807) is 19.2 Å². The molecule has 22 heavy (non-hydrogen) atoms. The minimum atomic E-state index is -0.109. The van der Waals surface area contributed by atoms with Crippen LogP contribution in [0.3, 0.4) is 0 Å². The van der Waals surface area contributed by atoms with Crippen LogP contribution in [0.1, 0.15) is 5.56 Å². The highest BCUT2D eigenvalue weighted by molar-refractivity contribution is 6.30. The van der Waals surface area contributed by atoms with Crippen LogP contribution < -0.4 is 15.6 Å². The number of H-pyrrole nitrogens is 1. The molecule has 0 spiro atoms. The summed E-state index contributed by atoms with van der Waals surface area (Å²) in [7, 11) is 1.60. The van der Waals surface area contributed by atoms with Gasteiger partial charge in [-0.3, -0.25) is 4.79 Å². The van der Waals surface area contributed by atoms with Crippen LogP contribution in [-0.2, 0) is 6.54 Å². The Balaban J connectivity index is 1.86. The molecule has 2 aromatic carbocycles. The van der Waals surface area contributed by atoms with E-state index in [9.17, 15) is 4.79 Å². The third kappa shape index (κ3) is 3.07. The fourth-order valence-corrected chi connectivity index (χ4v) is 2.37. The van der Waals surface area contributed by atoms with Gasteiger partial charge in [0.05, 0.1) is 12.6 Å². The zero-order chi connectivity index (χ0) is 15.5. The van der Waals surface area contributed by atoms with Gasteiger partial charge in [0.2, 0.25) is 0 Å². The van der Waals surface area contributed by atoms with Crippen LogP contribution in [0, 0.1) is 0 Å². The predicted octanol–water partition coefficient (Wildman–Crippen LogP) is 3.80. The molecule has 1 heterocycles. The highest BCUT2D eigenvalue weighted by Crippen LogP contribution is 2.19. The molecule has 3 rings (SSSR count). The summed E-state index contributed by atoms with van der Waals surface area (Å²) in [6, 6.07) is 14.9. The maximum atomic E-state index is 12.2. The molecule has 1 aromatic heterocycles. The average Bonchev–Trinajstić information content (AvgIpc) is 2.54. The van der Waals surface area contributed by atoms with Gasteiger partial charge in [0.1, 0.15) is 5.75 Å². The fraction of sp³-hybridized carbons (Fsp3) is 0.118. The van der Waals surface area contributed by atoms with Crippen molar-refractivity contribution < 1.29 is 4.74 Å². The van der Waals surface area contributed by atoms with Crippen molar-refractivity contribution in [2.24, 2.45) is 0 Å². The molecule has 3 aromatic rings. The van der Waals surface area contributed by atoms with Crippen molar-refractivity contribution in [1.29, 1.82) is 0 Å². The van der Waals surface area contributed by atoms with E-state index in [2.05, 4.69) is 10.3 Å². The number of rotatable bonds is 4. The number of anilines is 1. The topological polar surface area (TPSA) is 54.1 Å². The zero-order valence-electron chi connectivity index (χ0n) is 12.0. The summed E-state index contributed by atoms with van der Waals surface area (Å²) in [5.74, 6) is 0.718. The number of aromatic amines is 1. The van der Waals surface area contributed by atoms with Crippen molar-refractivity contribution in [3.8, 4) is 5.75 Å². The van der Waals surface area contributed by atoms with Gasteiger partial charge in [0, 0.05) is 28.9 Å². The molecule has 112 valence electrons. The summed E-state index contributed by atoms with van der Waals surface area (Å²) in [5.41, 5.74) is 2.24. The van der Waals surface area contributed by atoms with Crippen LogP contribution in [0.2, 0.25) is 5.02 Å². The summed E-state index contributed by atoms with van der Waals surface area (Å²) in [4.78, 5) is 15.0. The lowest BCUT2D eigenvalue weighted by Gasteiger charge is -2.08. The lowest BCUT2D eigenvalue weighted by atomic mass is 10.1. The van der Waals surface area contributed by atoms with Crippen molar-refractivity contribution in [3.05, 3.63) is 69.5 Å². The SMILES string of the molecule is COc1ccc2cc(CNc3ccc(Cl)cc3)c(=O)[nH]c2c1. The van der Waals surface area contributed by atoms with E-state index < -0.39 is 0 Å². The van der Waals surface area contributed by atoms with Gasteiger partial charge in [-0.05, 0) is 47.9 Å². The summed E-state index contributed by atoms with van der Waals surface area (Å²) in [6.07, 6.45) is 0. The molecule has 0 aliphatic rings. The van der Waals surface area contributed by atoms with Crippen molar-refractivity contribution in [2.75, 3.05) is 12.4 Å². The van der Waals surface area contributed by atoms with Crippen molar-refractivity contribution >= 4 is 28.2 Å². The van der Waals surface area contributed by atoms with E-state index in [0.29, 0.717) is 17.1 Å². The first-order valence-corrected chi connectivity index (χ1v) is 7.23. The predicted molar refractivity (Wildman–Crippen MR) is 89.9 cm³/mol. The largest absolute Gasteiger partial charge is 0.497 e. The number of methoxy groups -OCH3 is 1. The van der Waals surface area contributed by atoms with E-state index in [1.165, 1.54) is 0 Å². The van der Waals surface area contributed by atoms with E-state index in [4.69, 9.17) is 16.3 Å². The summed E-state index contributed by atoms with van der Waals surface area (Å²) in [5, 5.41) is 4.86. The van der Waals surface area contributed by atoms with Crippen LogP contribution in [0.4, 0.5) is 5.69 Å². The molecule has 0 bridgehead atoms. The molecular formula is C17H15ClN2O2. The second-order valence-corrected chi connectivity index (χ2v) is 5.37. The van der Waals surface area contributed by atoms with E-state index in [-0.39, 0.29) is 5.56 Å². The first-order valence-electron chi connectivity index (χ1n) is 6.85. The Morgan fingerprint density at radius 1 is 1.14 bits per heavy atom. The van der Waals surface area contributed by atoms with Gasteiger partial charge in [-0.2, -0.15) is 0 Å². The fourth-order valence-electron chi connectivity index (χ4n) is 2.25. The Morgan fingerprint density at radius 2 is 1.91 bits per heavy atom. The van der Waals surface area contributed by atoms with E-state index in [0.717, 1.165) is 22.3 Å².